The van der Waals surface area contributed by atoms with Crippen LogP contribution in [0.1, 0.15) is 5.56 Å². The number of para-hydroxylation sites is 1. The van der Waals surface area contributed by atoms with E-state index in [2.05, 4.69) is 20.3 Å². The van der Waals surface area contributed by atoms with Crippen molar-refractivity contribution in [1.29, 1.82) is 0 Å². The summed E-state index contributed by atoms with van der Waals surface area (Å²) in [6.07, 6.45) is 4.42. The third kappa shape index (κ3) is 3.09. The summed E-state index contributed by atoms with van der Waals surface area (Å²) in [6.45, 7) is 0.517. The highest BCUT2D eigenvalue weighted by molar-refractivity contribution is 7.90. The number of sulfone groups is 1. The highest BCUT2D eigenvalue weighted by atomic mass is 32.2. The number of hydrogen-bond acceptors (Lipinski definition) is 6. The predicted molar refractivity (Wildman–Crippen MR) is 102 cm³/mol. The van der Waals surface area contributed by atoms with Crippen molar-refractivity contribution >= 4 is 37.5 Å². The Bertz CT molecular complexity index is 1220. The minimum atomic E-state index is -3.30. The Hall–Kier alpha value is -3.06. The van der Waals surface area contributed by atoms with Gasteiger partial charge in [-0.15, -0.1) is 0 Å². The fourth-order valence-electron chi connectivity index (χ4n) is 2.90. The molecule has 0 aliphatic carbocycles. The van der Waals surface area contributed by atoms with E-state index >= 15 is 0 Å². The minimum absolute atomic E-state index is 0.245. The summed E-state index contributed by atoms with van der Waals surface area (Å²) in [5.41, 5.74) is 2.65. The lowest BCUT2D eigenvalue weighted by Crippen LogP contribution is -2.04. The summed E-state index contributed by atoms with van der Waals surface area (Å²) in [5, 5.41) is 5.03. The molecule has 4 rings (SSSR count). The largest absolute Gasteiger partial charge is 0.365 e. The molecule has 0 atom stereocenters. The van der Waals surface area contributed by atoms with Gasteiger partial charge in [0.2, 0.25) is 0 Å². The van der Waals surface area contributed by atoms with E-state index in [1.807, 2.05) is 30.3 Å². The van der Waals surface area contributed by atoms with Gasteiger partial charge in [-0.2, -0.15) is 0 Å². The topological polar surface area (TPSA) is 84.8 Å². The second-order valence-electron chi connectivity index (χ2n) is 6.02. The Morgan fingerprint density at radius 3 is 2.69 bits per heavy atom. The van der Waals surface area contributed by atoms with Gasteiger partial charge in [0.05, 0.1) is 15.9 Å². The van der Waals surface area contributed by atoms with Gasteiger partial charge in [0.15, 0.2) is 9.84 Å². The Balaban J connectivity index is 1.73. The maximum absolute atomic E-state index is 11.8. The second kappa shape index (κ2) is 6.34. The molecule has 0 bridgehead atoms. The van der Waals surface area contributed by atoms with E-state index in [9.17, 15) is 8.42 Å². The summed E-state index contributed by atoms with van der Waals surface area (Å²) < 4.78 is 23.7. The highest BCUT2D eigenvalue weighted by Crippen LogP contribution is 2.24. The molecule has 0 aliphatic rings. The smallest absolute Gasteiger partial charge is 0.175 e. The van der Waals surface area contributed by atoms with Crippen LogP contribution in [-0.2, 0) is 16.4 Å². The molecule has 0 unspecified atom stereocenters. The van der Waals surface area contributed by atoms with Crippen molar-refractivity contribution in [3.63, 3.8) is 0 Å². The lowest BCUT2D eigenvalue weighted by atomic mass is 10.1. The first-order valence-electron chi connectivity index (χ1n) is 8.04. The first-order valence-corrected chi connectivity index (χ1v) is 9.93. The van der Waals surface area contributed by atoms with Crippen molar-refractivity contribution in [2.24, 2.45) is 0 Å². The molecule has 1 N–H and O–H groups in total. The number of fused-ring (bicyclic) bond motifs is 2. The summed E-state index contributed by atoms with van der Waals surface area (Å²) in [7, 11) is -3.30. The van der Waals surface area contributed by atoms with Crippen LogP contribution in [0.4, 0.5) is 5.82 Å². The second-order valence-corrected chi connectivity index (χ2v) is 8.03. The van der Waals surface area contributed by atoms with Crippen LogP contribution in [-0.4, -0.2) is 29.6 Å². The molecule has 130 valence electrons. The molecule has 0 radical (unpaired) electrons. The molecule has 4 aromatic rings. The lowest BCUT2D eigenvalue weighted by molar-refractivity contribution is 0.602. The van der Waals surface area contributed by atoms with Crippen LogP contribution in [0.15, 0.2) is 66.0 Å². The van der Waals surface area contributed by atoms with E-state index in [0.717, 1.165) is 16.5 Å². The zero-order chi connectivity index (χ0) is 18.1. The molecule has 26 heavy (non-hydrogen) atoms. The molecular weight excluding hydrogens is 348 g/mol. The van der Waals surface area contributed by atoms with Crippen LogP contribution >= 0.6 is 0 Å². The highest BCUT2D eigenvalue weighted by Gasteiger charge is 2.11. The van der Waals surface area contributed by atoms with E-state index < -0.39 is 9.84 Å². The van der Waals surface area contributed by atoms with E-state index in [0.29, 0.717) is 23.3 Å². The van der Waals surface area contributed by atoms with Crippen molar-refractivity contribution in [2.45, 2.75) is 11.4 Å². The summed E-state index contributed by atoms with van der Waals surface area (Å²) >= 11 is 0. The quantitative estimate of drug-likeness (QED) is 0.599. The Morgan fingerprint density at radius 1 is 1.00 bits per heavy atom. The molecule has 2 aromatic heterocycles. The van der Waals surface area contributed by atoms with Crippen molar-refractivity contribution < 1.29 is 8.42 Å². The van der Waals surface area contributed by atoms with Gasteiger partial charge in [-0.05, 0) is 29.8 Å². The van der Waals surface area contributed by atoms with Gasteiger partial charge < -0.3 is 5.32 Å². The molecular formula is C19H16N4O2S. The van der Waals surface area contributed by atoms with Crippen LogP contribution in [0.3, 0.4) is 0 Å². The van der Waals surface area contributed by atoms with Crippen molar-refractivity contribution in [2.75, 3.05) is 11.6 Å². The summed E-state index contributed by atoms with van der Waals surface area (Å²) in [4.78, 5) is 13.2. The molecule has 0 spiro atoms. The number of benzene rings is 2. The Labute approximate surface area is 150 Å². The van der Waals surface area contributed by atoms with E-state index in [-0.39, 0.29) is 4.90 Å². The molecule has 0 saturated heterocycles. The molecule has 7 heteroatoms. The molecule has 0 saturated carbocycles. The van der Waals surface area contributed by atoms with Gasteiger partial charge in [0.25, 0.3) is 0 Å². The standard InChI is InChI=1S/C19H16N4O2S/c1-26(24,25)15-7-8-17-16(10-15)19(23-12-22-17)21-11-14-5-2-4-13-6-3-9-20-18(13)14/h2-10,12H,11H2,1H3,(H,21,22,23). The van der Waals surface area contributed by atoms with Crippen LogP contribution in [0.25, 0.3) is 21.8 Å². The van der Waals surface area contributed by atoms with Crippen LogP contribution in [0, 0.1) is 0 Å². The van der Waals surface area contributed by atoms with Crippen molar-refractivity contribution in [3.8, 4) is 0 Å². The third-order valence-electron chi connectivity index (χ3n) is 4.20. The monoisotopic (exact) mass is 364 g/mol. The normalized spacial score (nSPS) is 11.7. The van der Waals surface area contributed by atoms with Crippen LogP contribution in [0.2, 0.25) is 0 Å². The number of nitrogens with one attached hydrogen (secondary N) is 1. The zero-order valence-corrected chi connectivity index (χ0v) is 14.9. The first-order chi connectivity index (χ1) is 12.5. The zero-order valence-electron chi connectivity index (χ0n) is 14.0. The molecule has 0 aliphatic heterocycles. The Kier molecular flexibility index (Phi) is 4.00. The number of anilines is 1. The number of aromatic nitrogens is 3. The average molecular weight is 364 g/mol. The van der Waals surface area contributed by atoms with E-state index in [1.165, 1.54) is 12.6 Å². The maximum atomic E-state index is 11.8. The van der Waals surface area contributed by atoms with Crippen molar-refractivity contribution in [1.82, 2.24) is 15.0 Å². The first kappa shape index (κ1) is 16.4. The SMILES string of the molecule is CS(=O)(=O)c1ccc2ncnc(NCc3cccc4cccnc34)c2c1. The molecule has 0 amide bonds. The number of pyridine rings is 1. The fraction of sp³-hybridized carbons (Fsp3) is 0.105. The molecule has 6 nitrogen and oxygen atoms in total. The summed E-state index contributed by atoms with van der Waals surface area (Å²) in [5.74, 6) is 0.591. The fourth-order valence-corrected chi connectivity index (χ4v) is 3.54. The lowest BCUT2D eigenvalue weighted by Gasteiger charge is -2.10. The van der Waals surface area contributed by atoms with Crippen LogP contribution in [0.5, 0.6) is 0 Å². The number of nitrogens with zero attached hydrogens (tertiary/aromatic N) is 3. The van der Waals surface area contributed by atoms with E-state index in [4.69, 9.17) is 0 Å². The summed E-state index contributed by atoms with van der Waals surface area (Å²) in [6, 6.07) is 14.8. The average Bonchev–Trinajstić information content (AvgIpc) is 2.65. The number of hydrogen-bond donors (Lipinski definition) is 1. The predicted octanol–water partition coefficient (Wildman–Crippen LogP) is 3.19. The van der Waals surface area contributed by atoms with Crippen LogP contribution < -0.4 is 5.32 Å². The van der Waals surface area contributed by atoms with Gasteiger partial charge in [-0.3, -0.25) is 4.98 Å². The van der Waals surface area contributed by atoms with E-state index in [1.54, 1.807) is 24.4 Å². The van der Waals surface area contributed by atoms with Gasteiger partial charge >= 0.3 is 0 Å². The van der Waals surface area contributed by atoms with Crippen molar-refractivity contribution in [3.05, 3.63) is 66.6 Å². The van der Waals surface area contributed by atoms with Gasteiger partial charge in [0.1, 0.15) is 12.1 Å². The molecule has 0 fully saturated rings. The van der Waals surface area contributed by atoms with Gasteiger partial charge in [-0.25, -0.2) is 18.4 Å². The number of rotatable bonds is 4. The van der Waals surface area contributed by atoms with Gasteiger partial charge in [-0.1, -0.05) is 24.3 Å². The molecule has 2 aromatic carbocycles. The van der Waals surface area contributed by atoms with Gasteiger partial charge in [0, 0.05) is 29.8 Å². The Morgan fingerprint density at radius 2 is 1.85 bits per heavy atom. The third-order valence-corrected chi connectivity index (χ3v) is 5.31. The minimum Gasteiger partial charge on any atom is -0.365 e. The molecule has 2 heterocycles. The maximum Gasteiger partial charge on any atom is 0.175 e.